The van der Waals surface area contributed by atoms with Crippen molar-refractivity contribution in [2.75, 3.05) is 0 Å². The number of hydrogen-bond donors (Lipinski definition) is 0. The van der Waals surface area contributed by atoms with Crippen LogP contribution < -0.4 is 0 Å². The maximum absolute atomic E-state index is 6.08. The molecule has 2 aliphatic carbocycles. The van der Waals surface area contributed by atoms with Crippen LogP contribution in [-0.4, -0.2) is 5.38 Å². The summed E-state index contributed by atoms with van der Waals surface area (Å²) in [6.45, 7) is 0. The van der Waals surface area contributed by atoms with Gasteiger partial charge in [-0.3, -0.25) is 0 Å². The first kappa shape index (κ1) is 6.97. The molecular formula is C9H15Cl. The molecule has 0 aliphatic heterocycles. The Hall–Kier alpha value is 0.290. The summed E-state index contributed by atoms with van der Waals surface area (Å²) in [5, 5.41) is 0.513. The summed E-state index contributed by atoms with van der Waals surface area (Å²) in [5.41, 5.74) is 0. The number of alkyl halides is 1. The van der Waals surface area contributed by atoms with Crippen LogP contribution in [0, 0.1) is 11.8 Å². The topological polar surface area (TPSA) is 0 Å². The van der Waals surface area contributed by atoms with Crippen LogP contribution in [0.25, 0.3) is 0 Å². The zero-order chi connectivity index (χ0) is 6.97. The predicted molar refractivity (Wildman–Crippen MR) is 44.3 cm³/mol. The Morgan fingerprint density at radius 3 is 2.30 bits per heavy atom. The SMILES string of the molecule is ClC1CCCC(C2CC2)C1. The zero-order valence-electron chi connectivity index (χ0n) is 6.35. The monoisotopic (exact) mass is 158 g/mol. The molecule has 0 aromatic heterocycles. The molecule has 0 amide bonds. The van der Waals surface area contributed by atoms with Gasteiger partial charge in [0.1, 0.15) is 0 Å². The lowest BCUT2D eigenvalue weighted by molar-refractivity contribution is 0.327. The Bertz CT molecular complexity index is 118. The van der Waals surface area contributed by atoms with Gasteiger partial charge in [0.25, 0.3) is 0 Å². The van der Waals surface area contributed by atoms with E-state index < -0.39 is 0 Å². The molecule has 1 heteroatoms. The number of hydrogen-bond acceptors (Lipinski definition) is 0. The van der Waals surface area contributed by atoms with Gasteiger partial charge in [-0.1, -0.05) is 12.8 Å². The molecule has 0 heterocycles. The Morgan fingerprint density at radius 2 is 1.70 bits per heavy atom. The fourth-order valence-corrected chi connectivity index (χ4v) is 2.54. The highest BCUT2D eigenvalue weighted by Crippen LogP contribution is 2.44. The van der Waals surface area contributed by atoms with Gasteiger partial charge < -0.3 is 0 Å². The quantitative estimate of drug-likeness (QED) is 0.515. The molecule has 2 unspecified atom stereocenters. The fraction of sp³-hybridized carbons (Fsp3) is 1.00. The van der Waals surface area contributed by atoms with Gasteiger partial charge in [-0.05, 0) is 37.5 Å². The van der Waals surface area contributed by atoms with Crippen LogP contribution in [0.5, 0.6) is 0 Å². The average Bonchev–Trinajstić information content (AvgIpc) is 2.68. The van der Waals surface area contributed by atoms with E-state index in [1.54, 1.807) is 0 Å². The minimum atomic E-state index is 0.513. The minimum Gasteiger partial charge on any atom is -0.123 e. The molecule has 0 radical (unpaired) electrons. The minimum absolute atomic E-state index is 0.513. The number of halogens is 1. The zero-order valence-corrected chi connectivity index (χ0v) is 7.11. The molecule has 58 valence electrons. The highest BCUT2D eigenvalue weighted by Gasteiger charge is 2.33. The largest absolute Gasteiger partial charge is 0.123 e. The van der Waals surface area contributed by atoms with Gasteiger partial charge in [0.2, 0.25) is 0 Å². The third-order valence-electron chi connectivity index (χ3n) is 2.94. The molecule has 0 saturated heterocycles. The molecule has 0 bridgehead atoms. The van der Waals surface area contributed by atoms with E-state index in [2.05, 4.69) is 0 Å². The summed E-state index contributed by atoms with van der Waals surface area (Å²) < 4.78 is 0. The second-order valence-electron chi connectivity index (χ2n) is 3.86. The Balaban J connectivity index is 1.84. The molecule has 0 spiro atoms. The molecule has 2 rings (SSSR count). The molecular weight excluding hydrogens is 144 g/mol. The summed E-state index contributed by atoms with van der Waals surface area (Å²) in [6, 6.07) is 0. The lowest BCUT2D eigenvalue weighted by Crippen LogP contribution is -2.16. The second-order valence-corrected chi connectivity index (χ2v) is 4.48. The summed E-state index contributed by atoms with van der Waals surface area (Å²) in [5.74, 6) is 2.10. The molecule has 2 aliphatic rings. The van der Waals surface area contributed by atoms with Crippen LogP contribution in [0.4, 0.5) is 0 Å². The lowest BCUT2D eigenvalue weighted by Gasteiger charge is -2.24. The van der Waals surface area contributed by atoms with E-state index in [0.29, 0.717) is 5.38 Å². The average molecular weight is 159 g/mol. The van der Waals surface area contributed by atoms with Crippen molar-refractivity contribution in [2.24, 2.45) is 11.8 Å². The Morgan fingerprint density at radius 1 is 0.900 bits per heavy atom. The maximum Gasteiger partial charge on any atom is 0.0338 e. The van der Waals surface area contributed by atoms with Gasteiger partial charge in [0, 0.05) is 5.38 Å². The summed E-state index contributed by atoms with van der Waals surface area (Å²) >= 11 is 6.08. The highest BCUT2D eigenvalue weighted by atomic mass is 35.5. The third-order valence-corrected chi connectivity index (χ3v) is 3.34. The second kappa shape index (κ2) is 2.73. The van der Waals surface area contributed by atoms with E-state index in [-0.39, 0.29) is 0 Å². The van der Waals surface area contributed by atoms with Crippen molar-refractivity contribution in [3.63, 3.8) is 0 Å². The molecule has 0 aromatic rings. The van der Waals surface area contributed by atoms with Crippen molar-refractivity contribution < 1.29 is 0 Å². The Labute approximate surface area is 68.0 Å². The third kappa shape index (κ3) is 1.47. The van der Waals surface area contributed by atoms with Crippen LogP contribution in [0.2, 0.25) is 0 Å². The predicted octanol–water partition coefficient (Wildman–Crippen LogP) is 3.19. The van der Waals surface area contributed by atoms with Gasteiger partial charge in [-0.2, -0.15) is 0 Å². The molecule has 2 saturated carbocycles. The van der Waals surface area contributed by atoms with Gasteiger partial charge >= 0.3 is 0 Å². The first-order chi connectivity index (χ1) is 4.86. The molecule has 10 heavy (non-hydrogen) atoms. The first-order valence-corrected chi connectivity index (χ1v) is 4.94. The van der Waals surface area contributed by atoms with Crippen molar-refractivity contribution in [3.05, 3.63) is 0 Å². The first-order valence-electron chi connectivity index (χ1n) is 4.50. The standard InChI is InChI=1S/C9H15Cl/c10-9-3-1-2-8(6-9)7-4-5-7/h7-9H,1-6H2. The molecule has 0 nitrogen and oxygen atoms in total. The van der Waals surface area contributed by atoms with E-state index in [0.717, 1.165) is 11.8 Å². The molecule has 0 N–H and O–H groups in total. The van der Waals surface area contributed by atoms with E-state index in [9.17, 15) is 0 Å². The summed E-state index contributed by atoms with van der Waals surface area (Å²) in [4.78, 5) is 0. The normalized spacial score (nSPS) is 41.7. The van der Waals surface area contributed by atoms with Crippen molar-refractivity contribution in [3.8, 4) is 0 Å². The maximum atomic E-state index is 6.08. The van der Waals surface area contributed by atoms with Crippen LogP contribution in [0.15, 0.2) is 0 Å². The lowest BCUT2D eigenvalue weighted by atomic mass is 9.85. The molecule has 2 atom stereocenters. The summed E-state index contributed by atoms with van der Waals surface area (Å²) in [7, 11) is 0. The summed E-state index contributed by atoms with van der Waals surface area (Å²) in [6.07, 6.45) is 8.42. The van der Waals surface area contributed by atoms with Crippen LogP contribution >= 0.6 is 11.6 Å². The van der Waals surface area contributed by atoms with Gasteiger partial charge in [0.15, 0.2) is 0 Å². The van der Waals surface area contributed by atoms with E-state index in [1.165, 1.54) is 38.5 Å². The van der Waals surface area contributed by atoms with Crippen molar-refractivity contribution in [2.45, 2.75) is 43.9 Å². The van der Waals surface area contributed by atoms with E-state index in [4.69, 9.17) is 11.6 Å². The fourth-order valence-electron chi connectivity index (χ4n) is 2.16. The molecule has 2 fully saturated rings. The van der Waals surface area contributed by atoms with Gasteiger partial charge in [-0.15, -0.1) is 11.6 Å². The molecule has 0 aromatic carbocycles. The van der Waals surface area contributed by atoms with Crippen molar-refractivity contribution in [1.82, 2.24) is 0 Å². The highest BCUT2D eigenvalue weighted by molar-refractivity contribution is 6.20. The number of rotatable bonds is 1. The van der Waals surface area contributed by atoms with Crippen LogP contribution in [0.1, 0.15) is 38.5 Å². The smallest absolute Gasteiger partial charge is 0.0338 e. The Kier molecular flexibility index (Phi) is 1.90. The van der Waals surface area contributed by atoms with Crippen molar-refractivity contribution >= 4 is 11.6 Å². The van der Waals surface area contributed by atoms with E-state index in [1.807, 2.05) is 0 Å². The van der Waals surface area contributed by atoms with Crippen LogP contribution in [0.3, 0.4) is 0 Å². The van der Waals surface area contributed by atoms with Gasteiger partial charge in [-0.25, -0.2) is 0 Å². The van der Waals surface area contributed by atoms with Crippen molar-refractivity contribution in [1.29, 1.82) is 0 Å². The van der Waals surface area contributed by atoms with E-state index >= 15 is 0 Å². The van der Waals surface area contributed by atoms with Crippen LogP contribution in [-0.2, 0) is 0 Å². The van der Waals surface area contributed by atoms with Gasteiger partial charge in [0.05, 0.1) is 0 Å².